The molecule has 0 amide bonds. The molecule has 0 unspecified atom stereocenters. The molecule has 2 heteroatoms. The second-order valence-electron chi connectivity index (χ2n) is 4.59. The van der Waals surface area contributed by atoms with E-state index in [9.17, 15) is 0 Å². The maximum atomic E-state index is 3.47. The zero-order valence-electron chi connectivity index (χ0n) is 10.5. The summed E-state index contributed by atoms with van der Waals surface area (Å²) in [4.78, 5) is 0. The van der Waals surface area contributed by atoms with Gasteiger partial charge in [0, 0.05) is 4.47 Å². The lowest BCUT2D eigenvalue weighted by Crippen LogP contribution is -2.29. The van der Waals surface area contributed by atoms with Crippen molar-refractivity contribution in [2.24, 2.45) is 0 Å². The van der Waals surface area contributed by atoms with E-state index in [1.54, 1.807) is 0 Å². The summed E-state index contributed by atoms with van der Waals surface area (Å²) in [5.74, 6) is 0. The SMILES string of the molecule is Cc1ccc(Bc2ccc(Br)cc2)c(C)c1C. The van der Waals surface area contributed by atoms with E-state index in [4.69, 9.17) is 0 Å². The molecule has 0 fully saturated rings. The zero-order valence-corrected chi connectivity index (χ0v) is 12.1. The van der Waals surface area contributed by atoms with Crippen molar-refractivity contribution in [3.8, 4) is 0 Å². The summed E-state index contributed by atoms with van der Waals surface area (Å²) in [6.07, 6.45) is 0. The first-order chi connectivity index (χ1) is 8.08. The first-order valence-electron chi connectivity index (χ1n) is 5.88. The molecule has 0 heterocycles. The standard InChI is InChI=1S/C15H16BBr/c1-10-4-9-15(12(3)11(10)2)16-13-5-7-14(17)8-6-13/h4-9,16H,1-3H3. The fourth-order valence-corrected chi connectivity index (χ4v) is 2.29. The van der Waals surface area contributed by atoms with Crippen molar-refractivity contribution in [1.82, 2.24) is 0 Å². The van der Waals surface area contributed by atoms with Gasteiger partial charge in [0.15, 0.2) is 7.28 Å². The van der Waals surface area contributed by atoms with Crippen molar-refractivity contribution in [3.63, 3.8) is 0 Å². The summed E-state index contributed by atoms with van der Waals surface area (Å²) in [7, 11) is 1.01. The van der Waals surface area contributed by atoms with Gasteiger partial charge in [-0.1, -0.05) is 56.7 Å². The van der Waals surface area contributed by atoms with Crippen LogP contribution in [0.1, 0.15) is 16.7 Å². The topological polar surface area (TPSA) is 0 Å². The van der Waals surface area contributed by atoms with Gasteiger partial charge < -0.3 is 0 Å². The summed E-state index contributed by atoms with van der Waals surface area (Å²) in [5.41, 5.74) is 7.00. The molecule has 2 rings (SSSR count). The number of benzene rings is 2. The van der Waals surface area contributed by atoms with E-state index in [2.05, 4.69) is 73.1 Å². The molecule has 0 radical (unpaired) electrons. The van der Waals surface area contributed by atoms with Gasteiger partial charge in [-0.3, -0.25) is 0 Å². The van der Waals surface area contributed by atoms with E-state index in [1.807, 2.05) is 0 Å². The van der Waals surface area contributed by atoms with Crippen LogP contribution < -0.4 is 10.9 Å². The number of aryl methyl sites for hydroxylation is 1. The normalized spacial score (nSPS) is 10.4. The lowest BCUT2D eigenvalue weighted by molar-refractivity contribution is 1.28. The molecule has 0 saturated heterocycles. The minimum atomic E-state index is 1.01. The Morgan fingerprint density at radius 1 is 0.824 bits per heavy atom. The molecule has 0 bridgehead atoms. The van der Waals surface area contributed by atoms with E-state index in [1.165, 1.54) is 27.6 Å². The van der Waals surface area contributed by atoms with E-state index in [0.717, 1.165) is 11.8 Å². The molecule has 0 N–H and O–H groups in total. The highest BCUT2D eigenvalue weighted by Gasteiger charge is 2.06. The van der Waals surface area contributed by atoms with Crippen LogP contribution in [0.15, 0.2) is 40.9 Å². The van der Waals surface area contributed by atoms with Crippen LogP contribution in [0.4, 0.5) is 0 Å². The number of hydrogen-bond acceptors (Lipinski definition) is 0. The van der Waals surface area contributed by atoms with Gasteiger partial charge >= 0.3 is 0 Å². The highest BCUT2D eigenvalue weighted by Crippen LogP contribution is 2.09. The van der Waals surface area contributed by atoms with Gasteiger partial charge in [0.1, 0.15) is 0 Å². The van der Waals surface area contributed by atoms with E-state index in [0.29, 0.717) is 0 Å². The van der Waals surface area contributed by atoms with Crippen molar-refractivity contribution in [1.29, 1.82) is 0 Å². The Balaban J connectivity index is 2.30. The highest BCUT2D eigenvalue weighted by molar-refractivity contribution is 9.10. The van der Waals surface area contributed by atoms with Gasteiger partial charge in [-0.15, -0.1) is 0 Å². The Labute approximate surface area is 112 Å². The number of hydrogen-bond donors (Lipinski definition) is 0. The molecule has 0 atom stereocenters. The van der Waals surface area contributed by atoms with Crippen molar-refractivity contribution in [2.45, 2.75) is 20.8 Å². The summed E-state index contributed by atoms with van der Waals surface area (Å²) in [5, 5.41) is 0. The van der Waals surface area contributed by atoms with Crippen LogP contribution in [-0.2, 0) is 0 Å². The Kier molecular flexibility index (Phi) is 3.73. The third kappa shape index (κ3) is 2.81. The summed E-state index contributed by atoms with van der Waals surface area (Å²) in [6.45, 7) is 6.60. The first-order valence-corrected chi connectivity index (χ1v) is 6.67. The van der Waals surface area contributed by atoms with Crippen molar-refractivity contribution < 1.29 is 0 Å². The lowest BCUT2D eigenvalue weighted by atomic mass is 9.62. The third-order valence-corrected chi connectivity index (χ3v) is 4.01. The fraction of sp³-hybridized carbons (Fsp3) is 0.200. The fourth-order valence-electron chi connectivity index (χ4n) is 2.03. The van der Waals surface area contributed by atoms with Gasteiger partial charge in [-0.05, 0) is 44.0 Å². The number of rotatable bonds is 2. The lowest BCUT2D eigenvalue weighted by Gasteiger charge is -2.10. The molecular formula is C15H16BBr. The average molecular weight is 287 g/mol. The Morgan fingerprint density at radius 3 is 2.12 bits per heavy atom. The molecule has 0 aliphatic rings. The summed E-state index contributed by atoms with van der Waals surface area (Å²) >= 11 is 3.47. The van der Waals surface area contributed by atoms with Crippen LogP contribution in [-0.4, -0.2) is 7.28 Å². The number of halogens is 1. The first kappa shape index (κ1) is 12.4. The van der Waals surface area contributed by atoms with Gasteiger partial charge in [0.05, 0.1) is 0 Å². The van der Waals surface area contributed by atoms with Gasteiger partial charge in [-0.25, -0.2) is 0 Å². The van der Waals surface area contributed by atoms with E-state index in [-0.39, 0.29) is 0 Å². The quantitative estimate of drug-likeness (QED) is 0.745. The molecule has 0 aliphatic carbocycles. The molecule has 0 aromatic heterocycles. The zero-order chi connectivity index (χ0) is 12.4. The maximum absolute atomic E-state index is 3.47. The predicted octanol–water partition coefficient (Wildman–Crippen LogP) is 2.76. The predicted molar refractivity (Wildman–Crippen MR) is 81.2 cm³/mol. The van der Waals surface area contributed by atoms with E-state index >= 15 is 0 Å². The molecule has 17 heavy (non-hydrogen) atoms. The molecule has 86 valence electrons. The third-order valence-electron chi connectivity index (χ3n) is 3.48. The van der Waals surface area contributed by atoms with Gasteiger partial charge in [0.2, 0.25) is 0 Å². The van der Waals surface area contributed by atoms with Gasteiger partial charge in [0.25, 0.3) is 0 Å². The van der Waals surface area contributed by atoms with Crippen LogP contribution >= 0.6 is 15.9 Å². The van der Waals surface area contributed by atoms with Crippen LogP contribution in [0.2, 0.25) is 0 Å². The minimum absolute atomic E-state index is 1.01. The molecule has 0 saturated carbocycles. The molecule has 0 aliphatic heterocycles. The van der Waals surface area contributed by atoms with Crippen LogP contribution in [0, 0.1) is 20.8 Å². The second-order valence-corrected chi connectivity index (χ2v) is 5.51. The highest BCUT2D eigenvalue weighted by atomic mass is 79.9. The smallest absolute Gasteiger partial charge is 0.0785 e. The maximum Gasteiger partial charge on any atom is 0.192 e. The molecule has 2 aromatic carbocycles. The van der Waals surface area contributed by atoms with Gasteiger partial charge in [-0.2, -0.15) is 0 Å². The minimum Gasteiger partial charge on any atom is -0.0785 e. The second kappa shape index (κ2) is 5.09. The Morgan fingerprint density at radius 2 is 1.47 bits per heavy atom. The Hall–Kier alpha value is -1.02. The van der Waals surface area contributed by atoms with Crippen LogP contribution in [0.3, 0.4) is 0 Å². The van der Waals surface area contributed by atoms with Crippen LogP contribution in [0.25, 0.3) is 0 Å². The summed E-state index contributed by atoms with van der Waals surface area (Å²) < 4.78 is 1.14. The average Bonchev–Trinajstić information content (AvgIpc) is 2.33. The van der Waals surface area contributed by atoms with E-state index < -0.39 is 0 Å². The van der Waals surface area contributed by atoms with Crippen LogP contribution in [0.5, 0.6) is 0 Å². The van der Waals surface area contributed by atoms with Crippen molar-refractivity contribution >= 4 is 34.1 Å². The monoisotopic (exact) mass is 286 g/mol. The van der Waals surface area contributed by atoms with Crippen molar-refractivity contribution in [2.75, 3.05) is 0 Å². The molecule has 0 nitrogen and oxygen atoms in total. The summed E-state index contributed by atoms with van der Waals surface area (Å²) in [6, 6.07) is 13.0. The molecule has 2 aromatic rings. The molecular weight excluding hydrogens is 271 g/mol. The largest absolute Gasteiger partial charge is 0.192 e. The Bertz CT molecular complexity index is 529. The molecule has 0 spiro atoms. The van der Waals surface area contributed by atoms with Crippen molar-refractivity contribution in [3.05, 3.63) is 57.6 Å².